The van der Waals surface area contributed by atoms with Crippen molar-refractivity contribution in [1.29, 1.82) is 0 Å². The number of hydrogen-bond donors (Lipinski definition) is 2. The Morgan fingerprint density at radius 1 is 1.05 bits per heavy atom. The van der Waals surface area contributed by atoms with Crippen molar-refractivity contribution in [3.05, 3.63) is 87.3 Å². The number of aliphatic hydroxyl groups is 1. The molecule has 4 rings (SSSR count). The van der Waals surface area contributed by atoms with Crippen LogP contribution in [-0.4, -0.2) is 53.7 Å². The van der Waals surface area contributed by atoms with E-state index in [1.165, 1.54) is 30.9 Å². The summed E-state index contributed by atoms with van der Waals surface area (Å²) in [5.41, 5.74) is -1.10. The first-order valence-corrected chi connectivity index (χ1v) is 12.6. The molecule has 14 heteroatoms. The van der Waals surface area contributed by atoms with Gasteiger partial charge in [-0.25, -0.2) is 8.78 Å². The smallest absolute Gasteiger partial charge is 0.497 e. The van der Waals surface area contributed by atoms with Gasteiger partial charge in [0.1, 0.15) is 34.9 Å². The highest BCUT2D eigenvalue weighted by atomic mass is 19.4. The summed E-state index contributed by atoms with van der Waals surface area (Å²) in [6, 6.07) is 4.53. The molecule has 9 nitrogen and oxygen atoms in total. The molecule has 1 aliphatic rings. The van der Waals surface area contributed by atoms with Gasteiger partial charge in [-0.2, -0.15) is 0 Å². The van der Waals surface area contributed by atoms with E-state index in [1.807, 2.05) is 0 Å². The van der Waals surface area contributed by atoms with Crippen molar-refractivity contribution in [1.82, 2.24) is 9.88 Å². The van der Waals surface area contributed by atoms with Crippen LogP contribution in [0.25, 0.3) is 0 Å². The van der Waals surface area contributed by atoms with Crippen molar-refractivity contribution < 1.29 is 46.1 Å². The van der Waals surface area contributed by atoms with E-state index in [0.717, 1.165) is 41.3 Å². The molecular formula is C28H26F5N3O6. The molecule has 2 heterocycles. The van der Waals surface area contributed by atoms with Crippen LogP contribution in [0.2, 0.25) is 0 Å². The Morgan fingerprint density at radius 3 is 2.21 bits per heavy atom. The summed E-state index contributed by atoms with van der Waals surface area (Å²) >= 11 is 0. The minimum Gasteiger partial charge on any atom is -0.497 e. The molecule has 3 aromatic rings. The highest BCUT2D eigenvalue weighted by Gasteiger charge is 2.51. The molecule has 42 heavy (non-hydrogen) atoms. The van der Waals surface area contributed by atoms with Crippen LogP contribution in [0, 0.1) is 18.6 Å². The third-order valence-electron chi connectivity index (χ3n) is 6.97. The van der Waals surface area contributed by atoms with Crippen molar-refractivity contribution >= 4 is 17.5 Å². The lowest BCUT2D eigenvalue weighted by Gasteiger charge is -2.27. The van der Waals surface area contributed by atoms with Crippen molar-refractivity contribution in [2.24, 2.45) is 0 Å². The number of aliphatic hydroxyl groups excluding tert-OH is 1. The minimum atomic E-state index is -4.95. The van der Waals surface area contributed by atoms with E-state index in [-0.39, 0.29) is 30.2 Å². The molecule has 2 aromatic carbocycles. The van der Waals surface area contributed by atoms with Crippen LogP contribution in [0.3, 0.4) is 0 Å². The number of benzene rings is 2. The summed E-state index contributed by atoms with van der Waals surface area (Å²) in [5, 5.41) is 11.8. The van der Waals surface area contributed by atoms with E-state index in [1.54, 1.807) is 6.92 Å². The molecule has 0 spiro atoms. The monoisotopic (exact) mass is 595 g/mol. The number of nitrogens with zero attached hydrogens (tertiary/aromatic N) is 2. The van der Waals surface area contributed by atoms with Gasteiger partial charge in [-0.3, -0.25) is 14.4 Å². The van der Waals surface area contributed by atoms with Gasteiger partial charge >= 0.3 is 6.36 Å². The van der Waals surface area contributed by atoms with E-state index in [2.05, 4.69) is 10.1 Å². The topological polar surface area (TPSA) is 110 Å². The first-order valence-electron chi connectivity index (χ1n) is 12.6. The molecule has 2 amide bonds. The number of halogens is 5. The fourth-order valence-electron chi connectivity index (χ4n) is 5.08. The van der Waals surface area contributed by atoms with Crippen LogP contribution in [-0.2, 0) is 11.3 Å². The second-order valence-electron chi connectivity index (χ2n) is 9.57. The van der Waals surface area contributed by atoms with Gasteiger partial charge < -0.3 is 29.4 Å². The van der Waals surface area contributed by atoms with E-state index >= 15 is 8.78 Å². The van der Waals surface area contributed by atoms with E-state index in [0.29, 0.717) is 5.56 Å². The van der Waals surface area contributed by atoms with Crippen molar-refractivity contribution in [3.8, 4) is 11.5 Å². The van der Waals surface area contributed by atoms with Gasteiger partial charge in [0.05, 0.1) is 13.7 Å². The molecule has 0 bridgehead atoms. The lowest BCUT2D eigenvalue weighted by molar-refractivity contribution is -0.274. The fraction of sp³-hybridized carbons (Fsp3) is 0.321. The van der Waals surface area contributed by atoms with E-state index in [4.69, 9.17) is 4.74 Å². The SMILES string of the molecule is COc1cc(F)c([C@H]2[C@H](NC(=O)c3ccc(OC(F)(F)F)cc3)C(=O)N(c3c(C)ccn(CCO)c3=O)[C@@H]2C)c(F)c1. The number of aryl methyl sites for hydroxylation is 1. The number of alkyl halides is 3. The van der Waals surface area contributed by atoms with Crippen LogP contribution in [0.15, 0.2) is 53.5 Å². The largest absolute Gasteiger partial charge is 0.573 e. The molecule has 1 aliphatic heterocycles. The van der Waals surface area contributed by atoms with Crippen LogP contribution >= 0.6 is 0 Å². The number of anilines is 1. The molecule has 0 saturated carbocycles. The van der Waals surface area contributed by atoms with Crippen LogP contribution in [0.1, 0.15) is 34.3 Å². The maximum absolute atomic E-state index is 15.4. The van der Waals surface area contributed by atoms with Crippen molar-refractivity contribution in [2.75, 3.05) is 18.6 Å². The zero-order valence-electron chi connectivity index (χ0n) is 22.5. The number of carbonyl (C=O) groups is 2. The molecule has 1 fully saturated rings. The molecule has 0 aliphatic carbocycles. The number of pyridine rings is 1. The molecule has 0 radical (unpaired) electrons. The Kier molecular flexibility index (Phi) is 8.57. The highest BCUT2D eigenvalue weighted by Crippen LogP contribution is 2.41. The standard InChI is InChI=1S/C28H26F5N3O6/c1-14-8-9-35(10-11-37)27(40)24(14)36-15(2)21(22-19(29)12-18(41-3)13-20(22)30)23(26(36)39)34-25(38)16-4-6-17(7-5-16)42-28(31,32)33/h4-9,12-13,15,21,23,37H,10-11H2,1-3H3,(H,34,38)/t15-,21+,23+/m1/s1. The third kappa shape index (κ3) is 5.93. The summed E-state index contributed by atoms with van der Waals surface area (Å²) < 4.78 is 78.2. The molecular weight excluding hydrogens is 569 g/mol. The Balaban J connectivity index is 1.79. The number of carbonyl (C=O) groups excluding carboxylic acids is 2. The zero-order chi connectivity index (χ0) is 30.9. The molecule has 0 unspecified atom stereocenters. The minimum absolute atomic E-state index is 0.0814. The number of ether oxygens (including phenoxy) is 2. The first kappa shape index (κ1) is 30.5. The number of nitrogens with one attached hydrogen (secondary N) is 1. The van der Waals surface area contributed by atoms with Crippen LogP contribution in [0.5, 0.6) is 11.5 Å². The highest BCUT2D eigenvalue weighted by molar-refractivity contribution is 6.05. The van der Waals surface area contributed by atoms with Gasteiger partial charge in [-0.15, -0.1) is 13.2 Å². The summed E-state index contributed by atoms with van der Waals surface area (Å²) in [4.78, 5) is 41.4. The average Bonchev–Trinajstić information content (AvgIpc) is 3.14. The molecule has 2 N–H and O–H groups in total. The summed E-state index contributed by atoms with van der Waals surface area (Å²) in [5.74, 6) is -5.98. The maximum Gasteiger partial charge on any atom is 0.573 e. The number of rotatable bonds is 8. The Bertz CT molecular complexity index is 1530. The number of amides is 2. The van der Waals surface area contributed by atoms with E-state index in [9.17, 15) is 32.7 Å². The van der Waals surface area contributed by atoms with Gasteiger partial charge in [0, 0.05) is 48.0 Å². The quantitative estimate of drug-likeness (QED) is 0.385. The predicted molar refractivity (Wildman–Crippen MR) is 140 cm³/mol. The lowest BCUT2D eigenvalue weighted by Crippen LogP contribution is -2.45. The van der Waals surface area contributed by atoms with Crippen LogP contribution in [0.4, 0.5) is 27.6 Å². The zero-order valence-corrected chi connectivity index (χ0v) is 22.5. The normalized spacial score (nSPS) is 18.7. The van der Waals surface area contributed by atoms with Crippen molar-refractivity contribution in [3.63, 3.8) is 0 Å². The summed E-state index contributed by atoms with van der Waals surface area (Å²) in [7, 11) is 1.21. The summed E-state index contributed by atoms with van der Waals surface area (Å²) in [6.07, 6.45) is -3.53. The number of hydrogen-bond acceptors (Lipinski definition) is 6. The van der Waals surface area contributed by atoms with Gasteiger partial charge in [-0.05, 0) is 49.7 Å². The first-order chi connectivity index (χ1) is 19.8. The van der Waals surface area contributed by atoms with Crippen LogP contribution < -0.4 is 25.2 Å². The Morgan fingerprint density at radius 2 is 1.67 bits per heavy atom. The molecule has 1 saturated heterocycles. The predicted octanol–water partition coefficient (Wildman–Crippen LogP) is 3.65. The Hall–Kier alpha value is -4.46. The van der Waals surface area contributed by atoms with E-state index < -0.39 is 64.7 Å². The van der Waals surface area contributed by atoms with Gasteiger partial charge in [-0.1, -0.05) is 0 Å². The second kappa shape index (κ2) is 11.8. The lowest BCUT2D eigenvalue weighted by atomic mass is 9.87. The van der Waals surface area contributed by atoms with Gasteiger partial charge in [0.2, 0.25) is 0 Å². The average molecular weight is 596 g/mol. The Labute approximate surface area is 236 Å². The number of aromatic nitrogens is 1. The third-order valence-corrected chi connectivity index (χ3v) is 6.97. The fourth-order valence-corrected chi connectivity index (χ4v) is 5.08. The van der Waals surface area contributed by atoms with Crippen molar-refractivity contribution in [2.45, 2.75) is 44.8 Å². The maximum atomic E-state index is 15.4. The second-order valence-corrected chi connectivity index (χ2v) is 9.57. The number of methoxy groups -OCH3 is 1. The van der Waals surface area contributed by atoms with Gasteiger partial charge in [0.15, 0.2) is 0 Å². The molecule has 1 aromatic heterocycles. The summed E-state index contributed by atoms with van der Waals surface area (Å²) in [6.45, 7) is 2.56. The molecule has 3 atom stereocenters. The van der Waals surface area contributed by atoms with Gasteiger partial charge in [0.25, 0.3) is 17.4 Å². The molecule has 224 valence electrons.